The van der Waals surface area contributed by atoms with Crippen LogP contribution in [0.4, 0.5) is 11.5 Å². The van der Waals surface area contributed by atoms with Crippen LogP contribution in [0.15, 0.2) is 29.8 Å². The lowest BCUT2D eigenvalue weighted by Crippen LogP contribution is -2.32. The van der Waals surface area contributed by atoms with Crippen molar-refractivity contribution in [3.63, 3.8) is 0 Å². The van der Waals surface area contributed by atoms with Crippen molar-refractivity contribution in [3.05, 3.63) is 40.2 Å². The van der Waals surface area contributed by atoms with Crippen molar-refractivity contribution in [2.24, 2.45) is 0 Å². The van der Waals surface area contributed by atoms with Gasteiger partial charge in [-0.3, -0.25) is 0 Å². The number of aromatic carboxylic acids is 1. The van der Waals surface area contributed by atoms with Gasteiger partial charge in [0.15, 0.2) is 5.82 Å². The summed E-state index contributed by atoms with van der Waals surface area (Å²) in [5.41, 5.74) is 6.21. The molecule has 0 saturated heterocycles. The van der Waals surface area contributed by atoms with Gasteiger partial charge in [0.25, 0.3) is 0 Å². The van der Waals surface area contributed by atoms with E-state index in [-0.39, 0.29) is 17.3 Å². The molecular weight excluding hydrogens is 274 g/mol. The lowest BCUT2D eigenvalue weighted by atomic mass is 10.1. The predicted octanol–water partition coefficient (Wildman–Crippen LogP) is 2.49. The summed E-state index contributed by atoms with van der Waals surface area (Å²) in [7, 11) is 1.88. The van der Waals surface area contributed by atoms with Gasteiger partial charge in [-0.2, -0.15) is 0 Å². The van der Waals surface area contributed by atoms with Crippen molar-refractivity contribution >= 4 is 28.8 Å². The van der Waals surface area contributed by atoms with E-state index in [2.05, 4.69) is 18.0 Å². The van der Waals surface area contributed by atoms with Crippen LogP contribution in [-0.2, 0) is 6.42 Å². The molecule has 6 heteroatoms. The van der Waals surface area contributed by atoms with Crippen LogP contribution in [0.25, 0.3) is 0 Å². The summed E-state index contributed by atoms with van der Waals surface area (Å²) in [6, 6.07) is 5.69. The van der Waals surface area contributed by atoms with E-state index in [1.807, 2.05) is 23.4 Å². The summed E-state index contributed by atoms with van der Waals surface area (Å²) in [5, 5.41) is 11.1. The van der Waals surface area contributed by atoms with E-state index in [1.54, 1.807) is 11.3 Å². The van der Waals surface area contributed by atoms with Crippen molar-refractivity contribution < 1.29 is 9.90 Å². The van der Waals surface area contributed by atoms with Crippen LogP contribution in [0.2, 0.25) is 0 Å². The molecule has 106 valence electrons. The second-order valence-electron chi connectivity index (χ2n) is 4.64. The van der Waals surface area contributed by atoms with Crippen molar-refractivity contribution in [1.29, 1.82) is 0 Å². The number of hydrogen-bond donors (Lipinski definition) is 2. The number of hydrogen-bond acceptors (Lipinski definition) is 5. The lowest BCUT2D eigenvalue weighted by molar-refractivity contribution is 0.0698. The Morgan fingerprint density at radius 1 is 1.55 bits per heavy atom. The van der Waals surface area contributed by atoms with Crippen molar-refractivity contribution in [1.82, 2.24) is 4.98 Å². The van der Waals surface area contributed by atoms with Gasteiger partial charge < -0.3 is 15.7 Å². The largest absolute Gasteiger partial charge is 0.478 e. The van der Waals surface area contributed by atoms with E-state index in [0.29, 0.717) is 5.82 Å². The SMILES string of the molecule is CC(Cc1cccs1)N(C)c1nccc(C(=O)O)c1N. The van der Waals surface area contributed by atoms with Crippen LogP contribution in [0.5, 0.6) is 0 Å². The Labute approximate surface area is 121 Å². The second kappa shape index (κ2) is 5.92. The number of carboxylic acid groups (broad SMARTS) is 1. The normalized spacial score (nSPS) is 12.1. The lowest BCUT2D eigenvalue weighted by Gasteiger charge is -2.27. The standard InChI is InChI=1S/C14H17N3O2S/c1-9(8-10-4-3-7-20-10)17(2)13-12(15)11(14(18)19)5-6-16-13/h3-7,9H,8,15H2,1-2H3,(H,18,19). The topological polar surface area (TPSA) is 79.5 Å². The minimum absolute atomic E-state index is 0.0881. The van der Waals surface area contributed by atoms with Gasteiger partial charge in [0.2, 0.25) is 0 Å². The third kappa shape index (κ3) is 2.91. The molecule has 0 aliphatic carbocycles. The first-order valence-electron chi connectivity index (χ1n) is 6.23. The number of thiophene rings is 1. The average Bonchev–Trinajstić information content (AvgIpc) is 2.90. The van der Waals surface area contributed by atoms with E-state index < -0.39 is 5.97 Å². The zero-order valence-electron chi connectivity index (χ0n) is 11.4. The van der Waals surface area contributed by atoms with Crippen molar-refractivity contribution in [2.75, 3.05) is 17.7 Å². The Morgan fingerprint density at radius 2 is 2.30 bits per heavy atom. The van der Waals surface area contributed by atoms with Gasteiger partial charge in [-0.15, -0.1) is 11.3 Å². The first-order chi connectivity index (χ1) is 9.50. The van der Waals surface area contributed by atoms with E-state index in [4.69, 9.17) is 10.8 Å². The molecule has 0 aromatic carbocycles. The number of nitrogens with zero attached hydrogens (tertiary/aromatic N) is 2. The number of nitrogen functional groups attached to an aromatic ring is 1. The maximum Gasteiger partial charge on any atom is 0.337 e. The Kier molecular flexibility index (Phi) is 4.24. The molecule has 3 N–H and O–H groups in total. The van der Waals surface area contributed by atoms with Crippen LogP contribution in [0.1, 0.15) is 22.2 Å². The number of aromatic nitrogens is 1. The number of carboxylic acids is 1. The Morgan fingerprint density at radius 3 is 2.90 bits per heavy atom. The quantitative estimate of drug-likeness (QED) is 0.884. The van der Waals surface area contributed by atoms with Gasteiger partial charge in [-0.25, -0.2) is 9.78 Å². The van der Waals surface area contributed by atoms with Gasteiger partial charge in [0, 0.05) is 30.6 Å². The molecule has 20 heavy (non-hydrogen) atoms. The number of carbonyl (C=O) groups is 1. The molecule has 0 bridgehead atoms. The molecular formula is C14H17N3O2S. The van der Waals surface area contributed by atoms with Gasteiger partial charge >= 0.3 is 5.97 Å². The highest BCUT2D eigenvalue weighted by Crippen LogP contribution is 2.25. The monoisotopic (exact) mass is 291 g/mol. The first-order valence-corrected chi connectivity index (χ1v) is 7.11. The average molecular weight is 291 g/mol. The van der Waals surface area contributed by atoms with E-state index in [1.165, 1.54) is 17.1 Å². The molecule has 0 spiro atoms. The predicted molar refractivity (Wildman–Crippen MR) is 81.5 cm³/mol. The van der Waals surface area contributed by atoms with Crippen molar-refractivity contribution in [3.8, 4) is 0 Å². The van der Waals surface area contributed by atoms with Crippen LogP contribution in [0.3, 0.4) is 0 Å². The molecule has 2 aromatic heterocycles. The fourth-order valence-electron chi connectivity index (χ4n) is 2.00. The highest BCUT2D eigenvalue weighted by molar-refractivity contribution is 7.09. The molecule has 0 aliphatic heterocycles. The minimum Gasteiger partial charge on any atom is -0.478 e. The summed E-state index contributed by atoms with van der Waals surface area (Å²) in [4.78, 5) is 18.5. The summed E-state index contributed by atoms with van der Waals surface area (Å²) in [6.07, 6.45) is 2.34. The third-order valence-electron chi connectivity index (χ3n) is 3.27. The molecule has 2 rings (SSSR count). The summed E-state index contributed by atoms with van der Waals surface area (Å²) >= 11 is 1.70. The van der Waals surface area contributed by atoms with E-state index in [0.717, 1.165) is 6.42 Å². The molecule has 0 amide bonds. The summed E-state index contributed by atoms with van der Waals surface area (Å²) in [5.74, 6) is -0.528. The van der Waals surface area contributed by atoms with Gasteiger partial charge in [0.1, 0.15) is 0 Å². The highest BCUT2D eigenvalue weighted by Gasteiger charge is 2.19. The van der Waals surface area contributed by atoms with Gasteiger partial charge in [-0.1, -0.05) is 6.07 Å². The number of pyridine rings is 1. The van der Waals surface area contributed by atoms with Gasteiger partial charge in [-0.05, 0) is 24.4 Å². The summed E-state index contributed by atoms with van der Waals surface area (Å²) < 4.78 is 0. The molecule has 0 saturated carbocycles. The molecule has 5 nitrogen and oxygen atoms in total. The Hall–Kier alpha value is -2.08. The molecule has 2 heterocycles. The molecule has 0 fully saturated rings. The Balaban J connectivity index is 2.22. The smallest absolute Gasteiger partial charge is 0.337 e. The molecule has 2 aromatic rings. The molecule has 0 radical (unpaired) electrons. The highest BCUT2D eigenvalue weighted by atomic mass is 32.1. The maximum atomic E-state index is 11.1. The molecule has 1 atom stereocenters. The Bertz CT molecular complexity index is 598. The zero-order valence-corrected chi connectivity index (χ0v) is 12.2. The van der Waals surface area contributed by atoms with Crippen LogP contribution >= 0.6 is 11.3 Å². The first kappa shape index (κ1) is 14.3. The molecule has 1 unspecified atom stereocenters. The van der Waals surface area contributed by atoms with E-state index in [9.17, 15) is 4.79 Å². The fourth-order valence-corrected chi connectivity index (χ4v) is 2.82. The van der Waals surface area contributed by atoms with E-state index >= 15 is 0 Å². The third-order valence-corrected chi connectivity index (χ3v) is 4.17. The summed E-state index contributed by atoms with van der Waals surface area (Å²) in [6.45, 7) is 2.06. The number of anilines is 2. The molecule has 0 aliphatic rings. The minimum atomic E-state index is -1.04. The maximum absolute atomic E-state index is 11.1. The number of rotatable bonds is 5. The number of likely N-dealkylation sites (N-methyl/N-ethyl adjacent to an activating group) is 1. The van der Waals surface area contributed by atoms with Crippen LogP contribution in [-0.4, -0.2) is 29.1 Å². The zero-order chi connectivity index (χ0) is 14.7. The number of nitrogens with two attached hydrogens (primary N) is 1. The van der Waals surface area contributed by atoms with Crippen molar-refractivity contribution in [2.45, 2.75) is 19.4 Å². The fraction of sp³-hybridized carbons (Fsp3) is 0.286. The second-order valence-corrected chi connectivity index (χ2v) is 5.68. The van der Waals surface area contributed by atoms with Crippen LogP contribution < -0.4 is 10.6 Å². The van der Waals surface area contributed by atoms with Gasteiger partial charge in [0.05, 0.1) is 11.3 Å². The van der Waals surface area contributed by atoms with Crippen LogP contribution in [0, 0.1) is 0 Å².